The number of aryl methyl sites for hydroxylation is 1. The minimum absolute atomic E-state index is 0.0209. The first-order chi connectivity index (χ1) is 11.5. The van der Waals surface area contributed by atoms with Gasteiger partial charge >= 0.3 is 6.61 Å². The van der Waals surface area contributed by atoms with Gasteiger partial charge in [-0.1, -0.05) is 18.6 Å². The number of rotatable bonds is 8. The molecular formula is C18H26F2N2O2. The van der Waals surface area contributed by atoms with Crippen LogP contribution in [0.5, 0.6) is 5.75 Å². The molecule has 24 heavy (non-hydrogen) atoms. The van der Waals surface area contributed by atoms with Crippen LogP contribution in [0.3, 0.4) is 0 Å². The number of halogens is 2. The van der Waals surface area contributed by atoms with Crippen LogP contribution >= 0.6 is 0 Å². The molecule has 2 rings (SSSR count). The Morgan fingerprint density at radius 1 is 1.33 bits per heavy atom. The molecule has 1 aliphatic rings. The molecule has 1 unspecified atom stereocenters. The molecule has 0 radical (unpaired) electrons. The zero-order valence-corrected chi connectivity index (χ0v) is 14.1. The topological polar surface area (TPSA) is 41.6 Å². The highest BCUT2D eigenvalue weighted by Gasteiger charge is 2.17. The summed E-state index contributed by atoms with van der Waals surface area (Å²) in [6.45, 7) is 2.10. The molecule has 134 valence electrons. The summed E-state index contributed by atoms with van der Waals surface area (Å²) < 4.78 is 28.4. The third kappa shape index (κ3) is 6.43. The second-order valence-electron chi connectivity index (χ2n) is 6.25. The number of amides is 1. The first-order valence-corrected chi connectivity index (χ1v) is 8.59. The molecule has 4 nitrogen and oxygen atoms in total. The van der Waals surface area contributed by atoms with Crippen molar-refractivity contribution in [2.45, 2.75) is 51.7 Å². The van der Waals surface area contributed by atoms with Crippen molar-refractivity contribution in [3.63, 3.8) is 0 Å². The number of likely N-dealkylation sites (tertiary alicyclic amines) is 1. The van der Waals surface area contributed by atoms with Crippen molar-refractivity contribution in [2.75, 3.05) is 19.6 Å². The van der Waals surface area contributed by atoms with Crippen LogP contribution in [0.2, 0.25) is 0 Å². The molecule has 1 saturated heterocycles. The molecule has 1 aliphatic heterocycles. The van der Waals surface area contributed by atoms with E-state index in [4.69, 9.17) is 0 Å². The Kier molecular flexibility index (Phi) is 7.43. The van der Waals surface area contributed by atoms with E-state index in [1.165, 1.54) is 31.4 Å². The van der Waals surface area contributed by atoms with E-state index in [1.54, 1.807) is 12.1 Å². The molecular weight excluding hydrogens is 314 g/mol. The Balaban J connectivity index is 1.63. The molecule has 6 heteroatoms. The first kappa shape index (κ1) is 18.6. The Hall–Kier alpha value is -1.69. The van der Waals surface area contributed by atoms with Crippen LogP contribution in [0, 0.1) is 0 Å². The molecule has 0 spiro atoms. The number of ether oxygens (including phenoxy) is 1. The van der Waals surface area contributed by atoms with Gasteiger partial charge in [0.1, 0.15) is 5.75 Å². The van der Waals surface area contributed by atoms with E-state index >= 15 is 0 Å². The molecule has 1 aromatic carbocycles. The van der Waals surface area contributed by atoms with Gasteiger partial charge in [-0.05, 0) is 50.4 Å². The monoisotopic (exact) mass is 340 g/mol. The predicted molar refractivity (Wildman–Crippen MR) is 89.3 cm³/mol. The summed E-state index contributed by atoms with van der Waals surface area (Å²) in [6.07, 6.45) is 4.75. The molecule has 1 amide bonds. The van der Waals surface area contributed by atoms with Crippen LogP contribution in [0.4, 0.5) is 8.78 Å². The van der Waals surface area contributed by atoms with Gasteiger partial charge in [0.15, 0.2) is 0 Å². The molecule has 1 atom stereocenters. The Morgan fingerprint density at radius 2 is 2.08 bits per heavy atom. The molecule has 0 aromatic heterocycles. The number of alkyl halides is 2. The third-order valence-corrected chi connectivity index (χ3v) is 4.45. The van der Waals surface area contributed by atoms with Gasteiger partial charge in [0, 0.05) is 25.6 Å². The Labute approximate surface area is 142 Å². The van der Waals surface area contributed by atoms with Gasteiger partial charge in [-0.2, -0.15) is 8.78 Å². The number of nitrogens with zero attached hydrogens (tertiary/aromatic N) is 1. The summed E-state index contributed by atoms with van der Waals surface area (Å²) in [6, 6.07) is 7.01. The maximum Gasteiger partial charge on any atom is 0.387 e. The van der Waals surface area contributed by atoms with E-state index < -0.39 is 6.61 Å². The van der Waals surface area contributed by atoms with Crippen molar-refractivity contribution in [2.24, 2.45) is 0 Å². The predicted octanol–water partition coefficient (Wildman–Crippen LogP) is 3.21. The summed E-state index contributed by atoms with van der Waals surface area (Å²) in [5.41, 5.74) is 0.927. The zero-order valence-electron chi connectivity index (χ0n) is 14.1. The first-order valence-electron chi connectivity index (χ1n) is 8.59. The largest absolute Gasteiger partial charge is 0.435 e. The summed E-state index contributed by atoms with van der Waals surface area (Å²) in [7, 11) is 0. The van der Waals surface area contributed by atoms with Crippen LogP contribution in [0.15, 0.2) is 24.3 Å². The standard InChI is InChI=1S/C18H26F2N2O2/c1-14-4-2-3-12-22(14)13-11-21-17(23)10-7-15-5-8-16(9-6-15)24-18(19)20/h5-6,8-9,14,18H,2-4,7,10-13H2,1H3,(H,21,23). The fourth-order valence-electron chi connectivity index (χ4n) is 3.01. The number of carbonyl (C=O) groups is 1. The highest BCUT2D eigenvalue weighted by Crippen LogP contribution is 2.16. The lowest BCUT2D eigenvalue weighted by Gasteiger charge is -2.33. The number of carbonyl (C=O) groups excluding carboxylic acids is 1. The van der Waals surface area contributed by atoms with Crippen LogP contribution in [-0.2, 0) is 11.2 Å². The smallest absolute Gasteiger partial charge is 0.387 e. The van der Waals surface area contributed by atoms with Crippen molar-refractivity contribution in [3.8, 4) is 5.75 Å². The minimum Gasteiger partial charge on any atom is -0.435 e. The Bertz CT molecular complexity index is 508. The zero-order chi connectivity index (χ0) is 17.4. The van der Waals surface area contributed by atoms with E-state index in [9.17, 15) is 13.6 Å². The van der Waals surface area contributed by atoms with Gasteiger partial charge in [0.05, 0.1) is 0 Å². The van der Waals surface area contributed by atoms with Crippen LogP contribution in [-0.4, -0.2) is 43.1 Å². The average Bonchev–Trinajstić information content (AvgIpc) is 2.55. The van der Waals surface area contributed by atoms with Crippen molar-refractivity contribution < 1.29 is 18.3 Å². The van der Waals surface area contributed by atoms with Crippen molar-refractivity contribution in [1.82, 2.24) is 10.2 Å². The van der Waals surface area contributed by atoms with Gasteiger partial charge in [-0.3, -0.25) is 9.69 Å². The normalized spacial score (nSPS) is 18.6. The molecule has 0 aliphatic carbocycles. The lowest BCUT2D eigenvalue weighted by Crippen LogP contribution is -2.42. The van der Waals surface area contributed by atoms with Gasteiger partial charge in [0.2, 0.25) is 5.91 Å². The van der Waals surface area contributed by atoms with E-state index in [0.717, 1.165) is 18.7 Å². The SMILES string of the molecule is CC1CCCCN1CCNC(=O)CCc1ccc(OC(F)F)cc1. The van der Waals surface area contributed by atoms with Crippen LogP contribution in [0.1, 0.15) is 38.2 Å². The van der Waals surface area contributed by atoms with Gasteiger partial charge in [0.25, 0.3) is 0 Å². The molecule has 1 fully saturated rings. The fraction of sp³-hybridized carbons (Fsp3) is 0.611. The molecule has 0 bridgehead atoms. The Morgan fingerprint density at radius 3 is 2.75 bits per heavy atom. The van der Waals surface area contributed by atoms with Crippen molar-refractivity contribution in [3.05, 3.63) is 29.8 Å². The number of piperidine rings is 1. The van der Waals surface area contributed by atoms with Gasteiger partial charge in [-0.25, -0.2) is 0 Å². The fourth-order valence-corrected chi connectivity index (χ4v) is 3.01. The highest BCUT2D eigenvalue weighted by molar-refractivity contribution is 5.76. The van der Waals surface area contributed by atoms with E-state index in [1.807, 2.05) is 0 Å². The summed E-state index contributed by atoms with van der Waals surface area (Å²) in [4.78, 5) is 14.3. The van der Waals surface area contributed by atoms with E-state index in [-0.39, 0.29) is 11.7 Å². The summed E-state index contributed by atoms with van der Waals surface area (Å²) >= 11 is 0. The van der Waals surface area contributed by atoms with Crippen LogP contribution in [0.25, 0.3) is 0 Å². The lowest BCUT2D eigenvalue weighted by molar-refractivity contribution is -0.121. The molecule has 1 aromatic rings. The van der Waals surface area contributed by atoms with Crippen molar-refractivity contribution in [1.29, 1.82) is 0 Å². The lowest BCUT2D eigenvalue weighted by atomic mass is 10.0. The quantitative estimate of drug-likeness (QED) is 0.790. The summed E-state index contributed by atoms with van der Waals surface area (Å²) in [5, 5.41) is 2.95. The molecule has 0 saturated carbocycles. The minimum atomic E-state index is -2.82. The molecule has 1 N–H and O–H groups in total. The summed E-state index contributed by atoms with van der Waals surface area (Å²) in [5.74, 6) is 0.154. The van der Waals surface area contributed by atoms with Crippen LogP contribution < -0.4 is 10.1 Å². The highest BCUT2D eigenvalue weighted by atomic mass is 19.3. The number of hydrogen-bond donors (Lipinski definition) is 1. The second-order valence-corrected chi connectivity index (χ2v) is 6.25. The maximum atomic E-state index is 12.1. The average molecular weight is 340 g/mol. The maximum absolute atomic E-state index is 12.1. The van der Waals surface area contributed by atoms with Crippen molar-refractivity contribution >= 4 is 5.91 Å². The second kappa shape index (κ2) is 9.57. The number of hydrogen-bond acceptors (Lipinski definition) is 3. The molecule has 1 heterocycles. The van der Waals surface area contributed by atoms with E-state index in [2.05, 4.69) is 21.9 Å². The van der Waals surface area contributed by atoms with E-state index in [0.29, 0.717) is 25.4 Å². The third-order valence-electron chi connectivity index (χ3n) is 4.45. The number of benzene rings is 1. The number of nitrogens with one attached hydrogen (secondary N) is 1. The van der Waals surface area contributed by atoms with Gasteiger partial charge in [-0.15, -0.1) is 0 Å². The van der Waals surface area contributed by atoms with Gasteiger partial charge < -0.3 is 10.1 Å².